The fraction of sp³-hybridized carbons (Fsp3) is 0.200. The van der Waals surface area contributed by atoms with E-state index in [9.17, 15) is 23.9 Å². The van der Waals surface area contributed by atoms with Gasteiger partial charge in [-0.05, 0) is 55.3 Å². The lowest BCUT2D eigenvalue weighted by molar-refractivity contribution is -0.132. The second-order valence-corrected chi connectivity index (χ2v) is 8.78. The van der Waals surface area contributed by atoms with Crippen molar-refractivity contribution in [3.63, 3.8) is 0 Å². The minimum absolute atomic E-state index is 0.0739. The summed E-state index contributed by atoms with van der Waals surface area (Å²) in [4.78, 5) is 44.2. The highest BCUT2D eigenvalue weighted by Gasteiger charge is 2.48. The topological polar surface area (TPSA) is 106 Å². The summed E-state index contributed by atoms with van der Waals surface area (Å²) in [6.07, 6.45) is 0. The number of carbonyl (C=O) groups is 3. The number of ether oxygens (including phenoxy) is 2. The van der Waals surface area contributed by atoms with Crippen LogP contribution in [0.5, 0.6) is 5.75 Å². The minimum atomic E-state index is -1.10. The highest BCUT2D eigenvalue weighted by atomic mass is 32.1. The first kappa shape index (κ1) is 24.1. The number of carbonyl (C=O) groups excluding carboxylic acids is 3. The van der Waals surface area contributed by atoms with E-state index in [0.29, 0.717) is 28.1 Å². The molecule has 0 aliphatic carbocycles. The number of rotatable bonds is 5. The number of Topliss-reactive ketones (excluding diaryl/α,β-unsaturated/α-hetero) is 1. The number of amides is 1. The van der Waals surface area contributed by atoms with Crippen LogP contribution >= 0.6 is 11.3 Å². The maximum absolute atomic E-state index is 13.7. The smallest absolute Gasteiger partial charge is 0.350 e. The monoisotopic (exact) mass is 496 g/mol. The van der Waals surface area contributed by atoms with E-state index in [0.717, 1.165) is 16.2 Å². The number of thiazole rings is 1. The van der Waals surface area contributed by atoms with Crippen LogP contribution in [0.4, 0.5) is 9.52 Å². The summed E-state index contributed by atoms with van der Waals surface area (Å²) >= 11 is 0.887. The average Bonchev–Trinajstić information content (AvgIpc) is 3.35. The van der Waals surface area contributed by atoms with Crippen LogP contribution in [0.1, 0.15) is 38.1 Å². The summed E-state index contributed by atoms with van der Waals surface area (Å²) in [5.41, 5.74) is 1.47. The maximum atomic E-state index is 13.7. The molecule has 180 valence electrons. The molecule has 35 heavy (non-hydrogen) atoms. The Kier molecular flexibility index (Phi) is 6.40. The van der Waals surface area contributed by atoms with E-state index >= 15 is 0 Å². The van der Waals surface area contributed by atoms with Gasteiger partial charge < -0.3 is 14.6 Å². The quantitative estimate of drug-likeness (QED) is 0.243. The predicted octanol–water partition coefficient (Wildman–Crippen LogP) is 4.32. The number of aromatic nitrogens is 1. The zero-order valence-electron chi connectivity index (χ0n) is 19.3. The lowest BCUT2D eigenvalue weighted by Gasteiger charge is -2.23. The van der Waals surface area contributed by atoms with Crippen LogP contribution in [-0.2, 0) is 14.3 Å². The molecule has 0 unspecified atom stereocenters. The van der Waals surface area contributed by atoms with Crippen LogP contribution in [0.25, 0.3) is 5.76 Å². The Hall–Kier alpha value is -4.05. The van der Waals surface area contributed by atoms with E-state index in [1.807, 2.05) is 0 Å². The highest BCUT2D eigenvalue weighted by Crippen LogP contribution is 2.44. The molecular weight excluding hydrogens is 475 g/mol. The van der Waals surface area contributed by atoms with E-state index in [1.165, 1.54) is 38.5 Å². The number of benzene rings is 2. The molecule has 1 saturated heterocycles. The van der Waals surface area contributed by atoms with Crippen molar-refractivity contribution in [1.29, 1.82) is 0 Å². The molecule has 1 N–H and O–H groups in total. The van der Waals surface area contributed by atoms with Crippen LogP contribution in [0.3, 0.4) is 0 Å². The summed E-state index contributed by atoms with van der Waals surface area (Å²) in [5.74, 6) is -2.83. The molecule has 10 heteroatoms. The second-order valence-electron chi connectivity index (χ2n) is 7.80. The lowest BCUT2D eigenvalue weighted by Crippen LogP contribution is -2.29. The van der Waals surface area contributed by atoms with Crippen molar-refractivity contribution in [1.82, 2.24) is 4.98 Å². The van der Waals surface area contributed by atoms with Gasteiger partial charge in [-0.1, -0.05) is 23.5 Å². The van der Waals surface area contributed by atoms with Gasteiger partial charge in [-0.2, -0.15) is 0 Å². The molecule has 1 aliphatic rings. The molecule has 1 aliphatic heterocycles. The SMILES string of the molecule is COC(=O)c1sc(N2C(=O)C(=O)C(=C(O)c3ccc(OC)cc3C)[C@@H]2c2ccc(F)cc2)nc1C. The summed E-state index contributed by atoms with van der Waals surface area (Å²) in [6, 6.07) is 9.03. The largest absolute Gasteiger partial charge is 0.507 e. The van der Waals surface area contributed by atoms with Gasteiger partial charge in [0.15, 0.2) is 5.13 Å². The van der Waals surface area contributed by atoms with E-state index in [1.54, 1.807) is 32.0 Å². The van der Waals surface area contributed by atoms with Gasteiger partial charge in [0.2, 0.25) is 0 Å². The van der Waals surface area contributed by atoms with Crippen molar-refractivity contribution in [3.05, 3.63) is 81.1 Å². The third-order valence-corrected chi connectivity index (χ3v) is 6.82. The van der Waals surface area contributed by atoms with Gasteiger partial charge in [0.25, 0.3) is 5.78 Å². The number of aryl methyl sites for hydroxylation is 2. The molecule has 0 saturated carbocycles. The molecule has 0 spiro atoms. The Morgan fingerprint density at radius 1 is 1.11 bits per heavy atom. The number of nitrogens with zero attached hydrogens (tertiary/aromatic N) is 2. The zero-order valence-corrected chi connectivity index (χ0v) is 20.1. The molecule has 2 aromatic carbocycles. The van der Waals surface area contributed by atoms with Crippen LogP contribution in [0.2, 0.25) is 0 Å². The Morgan fingerprint density at radius 3 is 2.40 bits per heavy atom. The second kappa shape index (κ2) is 9.30. The van der Waals surface area contributed by atoms with Crippen molar-refractivity contribution in [3.8, 4) is 5.75 Å². The lowest BCUT2D eigenvalue weighted by atomic mass is 9.94. The summed E-state index contributed by atoms with van der Waals surface area (Å²) in [6.45, 7) is 3.31. The molecule has 1 aromatic heterocycles. The average molecular weight is 497 g/mol. The van der Waals surface area contributed by atoms with E-state index in [4.69, 9.17) is 9.47 Å². The van der Waals surface area contributed by atoms with Gasteiger partial charge >= 0.3 is 11.9 Å². The fourth-order valence-electron chi connectivity index (χ4n) is 3.93. The van der Waals surface area contributed by atoms with Crippen molar-refractivity contribution in [2.24, 2.45) is 0 Å². The molecule has 2 heterocycles. The normalized spacial score (nSPS) is 17.1. The predicted molar refractivity (Wildman–Crippen MR) is 127 cm³/mol. The number of esters is 1. The van der Waals surface area contributed by atoms with Gasteiger partial charge in [-0.25, -0.2) is 14.2 Å². The highest BCUT2D eigenvalue weighted by molar-refractivity contribution is 7.17. The van der Waals surface area contributed by atoms with E-state index in [-0.39, 0.29) is 21.3 Å². The molecule has 3 aromatic rings. The number of anilines is 1. The molecule has 8 nitrogen and oxygen atoms in total. The number of halogens is 1. The molecule has 4 rings (SSSR count). The van der Waals surface area contributed by atoms with Crippen molar-refractivity contribution < 1.29 is 33.4 Å². The Bertz CT molecular complexity index is 1380. The zero-order chi connectivity index (χ0) is 25.4. The molecule has 1 atom stereocenters. The maximum Gasteiger partial charge on any atom is 0.350 e. The fourth-order valence-corrected chi connectivity index (χ4v) is 4.94. The Balaban J connectivity index is 1.94. The number of methoxy groups -OCH3 is 2. The third kappa shape index (κ3) is 4.17. The first-order valence-corrected chi connectivity index (χ1v) is 11.3. The van der Waals surface area contributed by atoms with Gasteiger partial charge in [-0.3, -0.25) is 14.5 Å². The molecule has 0 radical (unpaired) electrons. The minimum Gasteiger partial charge on any atom is -0.507 e. The van der Waals surface area contributed by atoms with Gasteiger partial charge in [0, 0.05) is 5.56 Å². The van der Waals surface area contributed by atoms with Crippen molar-refractivity contribution in [2.75, 3.05) is 19.1 Å². The van der Waals surface area contributed by atoms with E-state index < -0.39 is 29.5 Å². The Labute approximate surface area is 204 Å². The van der Waals surface area contributed by atoms with Crippen LogP contribution in [0, 0.1) is 19.7 Å². The number of aliphatic hydroxyl groups excluding tert-OH is 1. The molecule has 0 bridgehead atoms. The van der Waals surface area contributed by atoms with Crippen LogP contribution in [-0.4, -0.2) is 42.0 Å². The number of aliphatic hydroxyl groups is 1. The van der Waals surface area contributed by atoms with Crippen LogP contribution in [0.15, 0.2) is 48.0 Å². The molecule has 1 amide bonds. The number of hydrogen-bond acceptors (Lipinski definition) is 8. The van der Waals surface area contributed by atoms with Crippen molar-refractivity contribution >= 4 is 39.9 Å². The number of ketones is 1. The summed E-state index contributed by atoms with van der Waals surface area (Å²) < 4.78 is 23.7. The molecular formula is C25H21FN2O6S. The van der Waals surface area contributed by atoms with Gasteiger partial charge in [0.05, 0.1) is 31.5 Å². The standard InChI is InChI=1S/C25H21FN2O6S/c1-12-11-16(33-3)9-10-17(12)20(29)18-19(14-5-7-15(26)8-6-14)28(23(31)21(18)30)25-27-13(2)22(35-25)24(32)34-4/h5-11,19,29H,1-4H3/t19-/m0/s1. The first-order valence-electron chi connectivity index (χ1n) is 10.4. The van der Waals surface area contributed by atoms with Crippen LogP contribution < -0.4 is 9.64 Å². The van der Waals surface area contributed by atoms with E-state index in [2.05, 4.69) is 4.98 Å². The Morgan fingerprint density at radius 2 is 1.80 bits per heavy atom. The first-order chi connectivity index (χ1) is 16.7. The number of hydrogen-bond donors (Lipinski definition) is 1. The summed E-state index contributed by atoms with van der Waals surface area (Å²) in [5, 5.41) is 11.3. The van der Waals surface area contributed by atoms with Gasteiger partial charge in [-0.15, -0.1) is 0 Å². The van der Waals surface area contributed by atoms with Gasteiger partial charge in [0.1, 0.15) is 22.2 Å². The van der Waals surface area contributed by atoms with Crippen molar-refractivity contribution in [2.45, 2.75) is 19.9 Å². The summed E-state index contributed by atoms with van der Waals surface area (Å²) in [7, 11) is 2.73. The third-order valence-electron chi connectivity index (χ3n) is 5.68. The molecule has 1 fully saturated rings.